The van der Waals surface area contributed by atoms with Gasteiger partial charge in [-0.2, -0.15) is 0 Å². The van der Waals surface area contributed by atoms with Crippen molar-refractivity contribution < 1.29 is 13.2 Å². The summed E-state index contributed by atoms with van der Waals surface area (Å²) in [6.07, 6.45) is 0. The van der Waals surface area contributed by atoms with E-state index in [-0.39, 0.29) is 28.1 Å². The minimum absolute atomic E-state index is 0. The van der Waals surface area contributed by atoms with E-state index >= 15 is 0 Å². The fourth-order valence-electron chi connectivity index (χ4n) is 1.12. The molecule has 0 aliphatic carbocycles. The second kappa shape index (κ2) is 3.15. The van der Waals surface area contributed by atoms with Crippen LogP contribution in [0.15, 0.2) is 29.2 Å². The van der Waals surface area contributed by atoms with E-state index in [2.05, 4.69) is 0 Å². The van der Waals surface area contributed by atoms with E-state index in [9.17, 15) is 13.2 Å². The Balaban J connectivity index is 0.000000845. The molecular weight excluding hydrogens is 251 g/mol. The van der Waals surface area contributed by atoms with Gasteiger partial charge in [0.2, 0.25) is 0 Å². The minimum atomic E-state index is -3.55. The van der Waals surface area contributed by atoms with E-state index in [0.29, 0.717) is 0 Å². The summed E-state index contributed by atoms with van der Waals surface area (Å²) in [5.41, 5.74) is 0.220. The molecule has 0 radical (unpaired) electrons. The van der Waals surface area contributed by atoms with E-state index in [1.54, 1.807) is 12.1 Å². The van der Waals surface area contributed by atoms with Crippen LogP contribution in [0, 0.1) is 0 Å². The van der Waals surface area contributed by atoms with Gasteiger partial charge in [0.1, 0.15) is 4.90 Å². The van der Waals surface area contributed by atoms with Gasteiger partial charge in [0, 0.05) is 0 Å². The van der Waals surface area contributed by atoms with E-state index < -0.39 is 15.9 Å². The number of hydrogen-bond acceptors (Lipinski definition) is 3. The van der Waals surface area contributed by atoms with Crippen molar-refractivity contribution in [2.45, 2.75) is 4.90 Å². The number of amides is 1. The molecule has 0 spiro atoms. The van der Waals surface area contributed by atoms with Crippen molar-refractivity contribution in [3.63, 3.8) is 0 Å². The zero-order valence-electron chi connectivity index (χ0n) is 5.94. The molecule has 6 heteroatoms. The Kier molecular flexibility index (Phi) is 2.49. The molecule has 0 saturated heterocycles. The van der Waals surface area contributed by atoms with Crippen molar-refractivity contribution in [3.8, 4) is 0 Å². The predicted octanol–water partition coefficient (Wildman–Crippen LogP) is -1.33. The molecule has 1 aromatic rings. The van der Waals surface area contributed by atoms with Crippen molar-refractivity contribution in [1.82, 2.24) is 4.72 Å². The van der Waals surface area contributed by atoms with Crippen LogP contribution >= 0.6 is 0 Å². The third-order valence-corrected chi connectivity index (χ3v) is 3.04. The number of benzene rings is 1. The van der Waals surface area contributed by atoms with Gasteiger partial charge in [-0.3, -0.25) is 4.79 Å². The van der Waals surface area contributed by atoms with Gasteiger partial charge in [0.15, 0.2) is 0 Å². The summed E-state index contributed by atoms with van der Waals surface area (Å²) in [4.78, 5) is 11.1. The van der Waals surface area contributed by atoms with Crippen LogP contribution < -0.4 is 4.72 Å². The zero-order valence-corrected chi connectivity index (χ0v) is 6.76. The quantitative estimate of drug-likeness (QED) is 0.587. The van der Waals surface area contributed by atoms with Crippen LogP contribution in [-0.2, 0) is 10.0 Å². The van der Waals surface area contributed by atoms with E-state index in [0.717, 1.165) is 0 Å². The number of nitrogens with one attached hydrogen (secondary N) is 1. The maximum atomic E-state index is 11.1. The normalized spacial score (nSPS) is 17.1. The molecule has 1 aliphatic rings. The van der Waals surface area contributed by atoms with Crippen molar-refractivity contribution in [1.29, 1.82) is 0 Å². The molecular formula is C7H9GeNO3S. The molecule has 0 unspecified atom stereocenters. The van der Waals surface area contributed by atoms with Crippen LogP contribution in [0.5, 0.6) is 0 Å². The predicted molar refractivity (Wildman–Crippen MR) is 52.4 cm³/mol. The molecule has 0 bridgehead atoms. The van der Waals surface area contributed by atoms with Gasteiger partial charge < -0.3 is 0 Å². The number of hydrogen-bond donors (Lipinski definition) is 1. The first kappa shape index (κ1) is 10.3. The van der Waals surface area contributed by atoms with Gasteiger partial charge in [-0.1, -0.05) is 12.1 Å². The van der Waals surface area contributed by atoms with Crippen LogP contribution in [0.2, 0.25) is 0 Å². The Hall–Kier alpha value is -0.817. The monoisotopic (exact) mass is 261 g/mol. The van der Waals surface area contributed by atoms with Crippen LogP contribution in [0.4, 0.5) is 0 Å². The first-order valence-electron chi connectivity index (χ1n) is 3.27. The molecule has 0 fully saturated rings. The Morgan fingerprint density at radius 3 is 2.38 bits per heavy atom. The molecule has 1 heterocycles. The third-order valence-electron chi connectivity index (χ3n) is 1.65. The summed E-state index contributed by atoms with van der Waals surface area (Å²) < 4.78 is 24.2. The van der Waals surface area contributed by atoms with Crippen molar-refractivity contribution >= 4 is 33.5 Å². The van der Waals surface area contributed by atoms with E-state index in [4.69, 9.17) is 0 Å². The average molecular weight is 260 g/mol. The van der Waals surface area contributed by atoms with Crippen molar-refractivity contribution in [2.24, 2.45) is 0 Å². The maximum absolute atomic E-state index is 11.1. The Labute approximate surface area is 86.4 Å². The molecule has 13 heavy (non-hydrogen) atoms. The van der Waals surface area contributed by atoms with Crippen molar-refractivity contribution in [2.75, 3.05) is 0 Å². The SMILES string of the molecule is O=C1NS(=O)(=O)c2ccccc21.[GeH4]. The summed E-state index contributed by atoms with van der Waals surface area (Å²) >= 11 is 0. The number of carbonyl (C=O) groups excluding carboxylic acids is 1. The van der Waals surface area contributed by atoms with Gasteiger partial charge in [-0.25, -0.2) is 13.1 Å². The van der Waals surface area contributed by atoms with Crippen LogP contribution in [0.1, 0.15) is 10.4 Å². The van der Waals surface area contributed by atoms with Crippen LogP contribution in [0.25, 0.3) is 0 Å². The van der Waals surface area contributed by atoms with Gasteiger partial charge in [-0.15, -0.1) is 0 Å². The van der Waals surface area contributed by atoms with Crippen LogP contribution in [-0.4, -0.2) is 31.9 Å². The van der Waals surface area contributed by atoms with E-state index in [1.807, 2.05) is 4.72 Å². The molecule has 4 nitrogen and oxygen atoms in total. The number of sulfonamides is 1. The third kappa shape index (κ3) is 1.49. The molecule has 0 aromatic heterocycles. The number of carbonyl (C=O) groups is 1. The molecule has 1 aromatic carbocycles. The Bertz CT molecular complexity index is 455. The summed E-state index contributed by atoms with van der Waals surface area (Å²) in [7, 11) is -3.55. The number of fused-ring (bicyclic) bond motifs is 1. The molecule has 0 atom stereocenters. The fraction of sp³-hybridized carbons (Fsp3) is 0. The molecule has 70 valence electrons. The topological polar surface area (TPSA) is 63.2 Å². The second-order valence-electron chi connectivity index (χ2n) is 2.43. The average Bonchev–Trinajstić information content (AvgIpc) is 2.25. The fourth-order valence-corrected chi connectivity index (χ4v) is 2.29. The Morgan fingerprint density at radius 2 is 1.77 bits per heavy atom. The summed E-state index contributed by atoms with van der Waals surface area (Å²) in [5, 5.41) is 0. The van der Waals surface area contributed by atoms with Gasteiger partial charge >= 0.3 is 17.6 Å². The standard InChI is InChI=1S/C7H5NO3S.GeH4/c9-7-5-3-1-2-4-6(5)12(10,11)8-7;/h1-4H,(H,8,9);1H4. The second-order valence-corrected chi connectivity index (χ2v) is 4.08. The molecule has 2 rings (SSSR count). The van der Waals surface area contributed by atoms with Gasteiger partial charge in [0.05, 0.1) is 5.56 Å². The first-order valence-corrected chi connectivity index (χ1v) is 4.76. The van der Waals surface area contributed by atoms with E-state index in [1.165, 1.54) is 12.1 Å². The molecule has 1 aliphatic heterocycles. The summed E-state index contributed by atoms with van der Waals surface area (Å²) in [5.74, 6) is -0.550. The van der Waals surface area contributed by atoms with Gasteiger partial charge in [-0.05, 0) is 12.1 Å². The molecule has 1 N–H and O–H groups in total. The summed E-state index contributed by atoms with van der Waals surface area (Å²) in [6, 6.07) is 6.09. The van der Waals surface area contributed by atoms with Crippen molar-refractivity contribution in [3.05, 3.63) is 29.8 Å². The van der Waals surface area contributed by atoms with Gasteiger partial charge in [0.25, 0.3) is 15.9 Å². The molecule has 1 amide bonds. The Morgan fingerprint density at radius 1 is 1.15 bits per heavy atom. The zero-order chi connectivity index (χ0) is 8.77. The summed E-state index contributed by atoms with van der Waals surface area (Å²) in [6.45, 7) is 0. The molecule has 0 saturated carbocycles. The number of rotatable bonds is 0. The van der Waals surface area contributed by atoms with Crippen LogP contribution in [0.3, 0.4) is 0 Å². The first-order chi connectivity index (χ1) is 5.61.